The summed E-state index contributed by atoms with van der Waals surface area (Å²) in [5, 5.41) is 0. The van der Waals surface area contributed by atoms with Gasteiger partial charge in [0.25, 0.3) is 0 Å². The molecule has 0 saturated heterocycles. The molecule has 108 valence electrons. The van der Waals surface area contributed by atoms with Crippen molar-refractivity contribution >= 4 is 0 Å². The fraction of sp³-hybridized carbons (Fsp3) is 0.300. The maximum Gasteiger partial charge on any atom is -0.0348 e. The number of allylic oxidation sites excluding steroid dienone is 13. The summed E-state index contributed by atoms with van der Waals surface area (Å²) in [5.41, 5.74) is 0. The van der Waals surface area contributed by atoms with Crippen LogP contribution in [0.1, 0.15) is 39.0 Å². The van der Waals surface area contributed by atoms with E-state index in [-0.39, 0.29) is 0 Å². The molecule has 0 rings (SSSR count). The predicted octanol–water partition coefficient (Wildman–Crippen LogP) is 6.48. The first-order valence-electron chi connectivity index (χ1n) is 7.52. The molecule has 0 saturated carbocycles. The van der Waals surface area contributed by atoms with Gasteiger partial charge >= 0.3 is 0 Å². The molecule has 0 amide bonds. The number of hydrogen-bond donors (Lipinski definition) is 0. The number of unbranched alkanes of at least 4 members (excludes halogenated alkanes) is 4. The van der Waals surface area contributed by atoms with Gasteiger partial charge in [-0.2, -0.15) is 0 Å². The van der Waals surface area contributed by atoms with E-state index >= 15 is 0 Å². The highest BCUT2D eigenvalue weighted by Crippen LogP contribution is 2.02. The molecule has 0 aromatic carbocycles. The molecule has 0 radical (unpaired) electrons. The third-order valence-corrected chi connectivity index (χ3v) is 2.61. The fourth-order valence-electron chi connectivity index (χ4n) is 1.52. The van der Waals surface area contributed by atoms with Gasteiger partial charge in [0.15, 0.2) is 0 Å². The average molecular weight is 268 g/mol. The molecule has 0 N–H and O–H groups in total. The van der Waals surface area contributed by atoms with Gasteiger partial charge in [-0.15, -0.1) is 0 Å². The highest BCUT2D eigenvalue weighted by atomic mass is 13.9. The van der Waals surface area contributed by atoms with Gasteiger partial charge in [0.1, 0.15) is 0 Å². The smallest absolute Gasteiger partial charge is 0.0348 e. The van der Waals surface area contributed by atoms with Crippen LogP contribution in [0.15, 0.2) is 85.6 Å². The fourth-order valence-corrected chi connectivity index (χ4v) is 1.52. The second-order valence-electron chi connectivity index (χ2n) is 4.44. The van der Waals surface area contributed by atoms with Crippen LogP contribution in [0.2, 0.25) is 0 Å². The Hall–Kier alpha value is -1.82. The maximum absolute atomic E-state index is 3.60. The first-order valence-corrected chi connectivity index (χ1v) is 7.52. The molecule has 20 heavy (non-hydrogen) atoms. The van der Waals surface area contributed by atoms with Crippen molar-refractivity contribution in [3.8, 4) is 0 Å². The lowest BCUT2D eigenvalue weighted by Crippen LogP contribution is -1.72. The molecule has 0 heteroatoms. The van der Waals surface area contributed by atoms with Crippen LogP contribution in [0.3, 0.4) is 0 Å². The lowest BCUT2D eigenvalue weighted by molar-refractivity contribution is 0.674. The van der Waals surface area contributed by atoms with Crippen molar-refractivity contribution in [1.29, 1.82) is 0 Å². The van der Waals surface area contributed by atoms with Crippen LogP contribution < -0.4 is 0 Å². The van der Waals surface area contributed by atoms with Gasteiger partial charge in [0.05, 0.1) is 0 Å². The third kappa shape index (κ3) is 16.2. The van der Waals surface area contributed by atoms with Crippen LogP contribution in [-0.4, -0.2) is 0 Å². The lowest BCUT2D eigenvalue weighted by atomic mass is 10.1. The van der Waals surface area contributed by atoms with E-state index in [9.17, 15) is 0 Å². The third-order valence-electron chi connectivity index (χ3n) is 2.61. The SMILES string of the molecule is C=CC=CC=CC=CC=CC=CC=CCCCCCC. The Bertz CT molecular complexity index is 373. The summed E-state index contributed by atoms with van der Waals surface area (Å²) in [6.07, 6.45) is 32.7. The molecule has 0 heterocycles. The van der Waals surface area contributed by atoms with Crippen molar-refractivity contribution < 1.29 is 0 Å². The summed E-state index contributed by atoms with van der Waals surface area (Å²) in [4.78, 5) is 0. The Morgan fingerprint density at radius 1 is 0.600 bits per heavy atom. The minimum Gasteiger partial charge on any atom is -0.0991 e. The Morgan fingerprint density at radius 2 is 1.10 bits per heavy atom. The molecule has 0 aliphatic heterocycles. The average Bonchev–Trinajstić information content (AvgIpc) is 2.47. The molecular weight excluding hydrogens is 240 g/mol. The topological polar surface area (TPSA) is 0 Å². The summed E-state index contributed by atoms with van der Waals surface area (Å²) in [7, 11) is 0. The quantitative estimate of drug-likeness (QED) is 0.297. The minimum absolute atomic E-state index is 1.19. The van der Waals surface area contributed by atoms with E-state index in [0.29, 0.717) is 0 Å². The van der Waals surface area contributed by atoms with Gasteiger partial charge in [-0.05, 0) is 12.8 Å². The van der Waals surface area contributed by atoms with E-state index in [4.69, 9.17) is 0 Å². The van der Waals surface area contributed by atoms with Crippen molar-refractivity contribution in [2.75, 3.05) is 0 Å². The van der Waals surface area contributed by atoms with E-state index in [1.54, 1.807) is 6.08 Å². The molecule has 0 spiro atoms. The first-order chi connectivity index (χ1) is 9.91. The molecule has 0 nitrogen and oxygen atoms in total. The first kappa shape index (κ1) is 18.2. The molecule has 0 aromatic heterocycles. The van der Waals surface area contributed by atoms with Gasteiger partial charge in [0.2, 0.25) is 0 Å². The Morgan fingerprint density at radius 3 is 1.60 bits per heavy atom. The maximum atomic E-state index is 3.60. The normalized spacial score (nSPS) is 13.2. The monoisotopic (exact) mass is 268 g/mol. The Balaban J connectivity index is 3.62. The van der Waals surface area contributed by atoms with E-state index in [0.717, 1.165) is 0 Å². The molecule has 0 fully saturated rings. The highest BCUT2D eigenvalue weighted by molar-refractivity contribution is 5.20. The summed E-state index contributed by atoms with van der Waals surface area (Å²) >= 11 is 0. The number of hydrogen-bond acceptors (Lipinski definition) is 0. The summed E-state index contributed by atoms with van der Waals surface area (Å²) in [6, 6.07) is 0. The van der Waals surface area contributed by atoms with Crippen LogP contribution >= 0.6 is 0 Å². The molecule has 0 aliphatic carbocycles. The summed E-state index contributed by atoms with van der Waals surface area (Å²) in [6.45, 7) is 5.85. The van der Waals surface area contributed by atoms with Crippen molar-refractivity contribution in [2.45, 2.75) is 39.0 Å². The summed E-state index contributed by atoms with van der Waals surface area (Å²) < 4.78 is 0. The molecular formula is C20H28. The molecule has 0 bridgehead atoms. The van der Waals surface area contributed by atoms with Gasteiger partial charge in [0, 0.05) is 0 Å². The zero-order valence-corrected chi connectivity index (χ0v) is 12.7. The Labute approximate surface area is 125 Å². The predicted molar refractivity (Wildman–Crippen MR) is 93.8 cm³/mol. The second kappa shape index (κ2) is 17.2. The zero-order valence-electron chi connectivity index (χ0n) is 12.7. The van der Waals surface area contributed by atoms with Crippen LogP contribution in [-0.2, 0) is 0 Å². The van der Waals surface area contributed by atoms with Crippen molar-refractivity contribution in [2.24, 2.45) is 0 Å². The Kier molecular flexibility index (Phi) is 15.6. The van der Waals surface area contributed by atoms with Gasteiger partial charge < -0.3 is 0 Å². The number of rotatable bonds is 11. The van der Waals surface area contributed by atoms with Crippen LogP contribution in [0.4, 0.5) is 0 Å². The van der Waals surface area contributed by atoms with E-state index in [1.165, 1.54) is 32.1 Å². The molecule has 0 unspecified atom stereocenters. The molecule has 0 aliphatic rings. The van der Waals surface area contributed by atoms with Crippen molar-refractivity contribution in [3.63, 3.8) is 0 Å². The van der Waals surface area contributed by atoms with Gasteiger partial charge in [-0.1, -0.05) is 112 Å². The molecule has 0 atom stereocenters. The largest absolute Gasteiger partial charge is 0.0991 e. The minimum atomic E-state index is 1.19. The molecule has 0 aromatic rings. The van der Waals surface area contributed by atoms with Crippen LogP contribution in [0.25, 0.3) is 0 Å². The van der Waals surface area contributed by atoms with E-state index in [2.05, 4.69) is 31.7 Å². The van der Waals surface area contributed by atoms with E-state index < -0.39 is 0 Å². The van der Waals surface area contributed by atoms with E-state index in [1.807, 2.05) is 54.7 Å². The van der Waals surface area contributed by atoms with Crippen LogP contribution in [0.5, 0.6) is 0 Å². The van der Waals surface area contributed by atoms with Crippen molar-refractivity contribution in [1.82, 2.24) is 0 Å². The second-order valence-corrected chi connectivity index (χ2v) is 4.44. The zero-order chi connectivity index (χ0) is 14.7. The van der Waals surface area contributed by atoms with Crippen LogP contribution in [0, 0.1) is 0 Å². The van der Waals surface area contributed by atoms with Gasteiger partial charge in [-0.3, -0.25) is 0 Å². The highest BCUT2D eigenvalue weighted by Gasteiger charge is 1.82. The standard InChI is InChI=1S/C20H28/c1-3-5-7-9-11-13-15-17-19-20-18-16-14-12-10-8-6-4-2/h3,5,7,9,11,13-20H,1,4,6,8,10,12H2,2H3. The lowest BCUT2D eigenvalue weighted by Gasteiger charge is -1.92. The van der Waals surface area contributed by atoms with Gasteiger partial charge in [-0.25, -0.2) is 0 Å². The van der Waals surface area contributed by atoms with Crippen molar-refractivity contribution in [3.05, 3.63) is 85.6 Å². The summed E-state index contributed by atoms with van der Waals surface area (Å²) in [5.74, 6) is 0.